The molecule has 1 aromatic carbocycles. The first-order valence-electron chi connectivity index (χ1n) is 12.5. The van der Waals surface area contributed by atoms with Crippen LogP contribution in [-0.4, -0.2) is 76.7 Å². The summed E-state index contributed by atoms with van der Waals surface area (Å²) in [5.41, 5.74) is 0.0379. The maximum atomic E-state index is 14.1. The second kappa shape index (κ2) is 10.2. The average Bonchev–Trinajstić information content (AvgIpc) is 3.21. The van der Waals surface area contributed by atoms with E-state index in [2.05, 4.69) is 4.98 Å². The molecule has 0 unspecified atom stereocenters. The summed E-state index contributed by atoms with van der Waals surface area (Å²) in [6, 6.07) is 7.07. The summed E-state index contributed by atoms with van der Waals surface area (Å²) < 4.78 is 53.9. The molecular weight excluding hydrogens is 527 g/mol. The smallest absolute Gasteiger partial charge is 0.419 e. The standard InChI is InChI=1S/C27H33FN4O6S/c1-26(2,3)37-24(33)30-11-13-31(14-12-30)39(35,36)23-10-7-18(16-29-23)21-17-32(25(34)38-27(4,5)6)22-15-19(28)8-9-20(21)22/h7-10,15-17H,11-14H2,1-6H3. The number of piperazine rings is 1. The number of hydrogen-bond acceptors (Lipinski definition) is 7. The Balaban J connectivity index is 1.56. The molecule has 0 saturated carbocycles. The van der Waals surface area contributed by atoms with Crippen LogP contribution in [0.1, 0.15) is 41.5 Å². The molecule has 0 radical (unpaired) electrons. The second-order valence-corrected chi connectivity index (χ2v) is 13.2. The fraction of sp³-hybridized carbons (Fsp3) is 0.444. The van der Waals surface area contributed by atoms with E-state index in [0.717, 1.165) is 0 Å². The number of sulfonamides is 1. The molecular formula is C27H33FN4O6S. The van der Waals surface area contributed by atoms with Gasteiger partial charge in [-0.1, -0.05) is 0 Å². The molecule has 0 aliphatic carbocycles. The Morgan fingerprint density at radius 1 is 0.897 bits per heavy atom. The van der Waals surface area contributed by atoms with Gasteiger partial charge in [-0.2, -0.15) is 4.31 Å². The third-order valence-electron chi connectivity index (χ3n) is 5.90. The molecule has 39 heavy (non-hydrogen) atoms. The van der Waals surface area contributed by atoms with Crippen LogP contribution in [0.5, 0.6) is 0 Å². The number of carbonyl (C=O) groups excluding carboxylic acids is 2. The highest BCUT2D eigenvalue weighted by Crippen LogP contribution is 2.32. The van der Waals surface area contributed by atoms with Crippen molar-refractivity contribution in [2.75, 3.05) is 26.2 Å². The van der Waals surface area contributed by atoms with E-state index in [1.165, 1.54) is 44.4 Å². The first kappa shape index (κ1) is 28.5. The molecule has 1 saturated heterocycles. The predicted octanol–water partition coefficient (Wildman–Crippen LogP) is 4.87. The van der Waals surface area contributed by atoms with Crippen LogP contribution in [0.3, 0.4) is 0 Å². The molecule has 12 heteroatoms. The van der Waals surface area contributed by atoms with Crippen molar-refractivity contribution in [2.24, 2.45) is 0 Å². The second-order valence-electron chi connectivity index (χ2n) is 11.3. The van der Waals surface area contributed by atoms with E-state index in [-0.39, 0.29) is 31.2 Å². The summed E-state index contributed by atoms with van der Waals surface area (Å²) in [6.45, 7) is 11.1. The Labute approximate surface area is 227 Å². The molecule has 0 N–H and O–H groups in total. The van der Waals surface area contributed by atoms with Crippen LogP contribution >= 0.6 is 0 Å². The predicted molar refractivity (Wildman–Crippen MR) is 143 cm³/mol. The van der Waals surface area contributed by atoms with Gasteiger partial charge in [0.25, 0.3) is 10.0 Å². The molecule has 1 amide bonds. The fourth-order valence-electron chi connectivity index (χ4n) is 4.15. The number of amides is 1. The lowest BCUT2D eigenvalue weighted by Gasteiger charge is -2.34. The number of ether oxygens (including phenoxy) is 2. The van der Waals surface area contributed by atoms with Crippen molar-refractivity contribution in [3.8, 4) is 11.1 Å². The zero-order valence-corrected chi connectivity index (χ0v) is 23.7. The van der Waals surface area contributed by atoms with Gasteiger partial charge in [0, 0.05) is 55.1 Å². The van der Waals surface area contributed by atoms with Crippen molar-refractivity contribution in [2.45, 2.75) is 57.8 Å². The molecule has 0 bridgehead atoms. The summed E-state index contributed by atoms with van der Waals surface area (Å²) >= 11 is 0. The molecule has 3 aromatic rings. The van der Waals surface area contributed by atoms with Crippen LogP contribution in [0.15, 0.2) is 47.8 Å². The van der Waals surface area contributed by atoms with Crippen molar-refractivity contribution in [1.29, 1.82) is 0 Å². The van der Waals surface area contributed by atoms with Gasteiger partial charge in [0.15, 0.2) is 5.03 Å². The highest BCUT2D eigenvalue weighted by atomic mass is 32.2. The van der Waals surface area contributed by atoms with Gasteiger partial charge in [0.05, 0.1) is 5.52 Å². The number of carbonyl (C=O) groups is 2. The number of pyridine rings is 1. The van der Waals surface area contributed by atoms with Crippen molar-refractivity contribution in [3.05, 3.63) is 48.5 Å². The highest BCUT2D eigenvalue weighted by Gasteiger charge is 2.33. The SMILES string of the molecule is CC(C)(C)OC(=O)N1CCN(S(=O)(=O)c2ccc(-c3cn(C(=O)OC(C)(C)C)c4cc(F)ccc34)cn2)CC1. The van der Waals surface area contributed by atoms with Crippen LogP contribution < -0.4 is 0 Å². The summed E-state index contributed by atoms with van der Waals surface area (Å²) in [5, 5.41) is 0.442. The lowest BCUT2D eigenvalue weighted by molar-refractivity contribution is 0.0192. The largest absolute Gasteiger partial charge is 0.444 e. The molecule has 10 nitrogen and oxygen atoms in total. The number of fused-ring (bicyclic) bond motifs is 1. The minimum atomic E-state index is -3.91. The number of hydrogen-bond donors (Lipinski definition) is 0. The van der Waals surface area contributed by atoms with Gasteiger partial charge >= 0.3 is 12.2 Å². The maximum absolute atomic E-state index is 14.1. The zero-order chi connectivity index (χ0) is 28.8. The van der Waals surface area contributed by atoms with Crippen LogP contribution in [0.2, 0.25) is 0 Å². The molecule has 2 aromatic heterocycles. The lowest BCUT2D eigenvalue weighted by atomic mass is 10.1. The lowest BCUT2D eigenvalue weighted by Crippen LogP contribution is -2.51. The van der Waals surface area contributed by atoms with Gasteiger partial charge in [-0.25, -0.2) is 27.4 Å². The minimum absolute atomic E-state index is 0.111. The molecule has 3 heterocycles. The Hall–Kier alpha value is -3.51. The number of nitrogens with zero attached hydrogens (tertiary/aromatic N) is 4. The van der Waals surface area contributed by atoms with Crippen LogP contribution in [0, 0.1) is 5.82 Å². The minimum Gasteiger partial charge on any atom is -0.444 e. The fourth-order valence-corrected chi connectivity index (χ4v) is 5.49. The highest BCUT2D eigenvalue weighted by molar-refractivity contribution is 7.89. The Bertz CT molecular complexity index is 1500. The van der Waals surface area contributed by atoms with E-state index in [1.54, 1.807) is 53.7 Å². The van der Waals surface area contributed by atoms with Crippen molar-refractivity contribution in [1.82, 2.24) is 18.8 Å². The summed E-state index contributed by atoms with van der Waals surface area (Å²) in [4.78, 5) is 30.8. The Morgan fingerprint density at radius 2 is 1.51 bits per heavy atom. The quantitative estimate of drug-likeness (QED) is 0.450. The number of benzene rings is 1. The zero-order valence-electron chi connectivity index (χ0n) is 22.9. The van der Waals surface area contributed by atoms with Gasteiger partial charge in [0.2, 0.25) is 0 Å². The van der Waals surface area contributed by atoms with E-state index in [9.17, 15) is 22.4 Å². The van der Waals surface area contributed by atoms with Crippen molar-refractivity contribution >= 4 is 33.1 Å². The number of rotatable bonds is 3. The molecule has 1 fully saturated rings. The van der Waals surface area contributed by atoms with Crippen molar-refractivity contribution in [3.63, 3.8) is 0 Å². The third-order valence-corrected chi connectivity index (χ3v) is 7.71. The summed E-state index contributed by atoms with van der Waals surface area (Å²) in [6.07, 6.45) is 1.79. The molecule has 1 aliphatic heterocycles. The van der Waals surface area contributed by atoms with E-state index in [1.807, 2.05) is 0 Å². The Morgan fingerprint density at radius 3 is 2.08 bits per heavy atom. The molecule has 4 rings (SSSR count). The van der Waals surface area contributed by atoms with Gasteiger partial charge in [-0.3, -0.25) is 4.57 Å². The van der Waals surface area contributed by atoms with Crippen LogP contribution in [0.25, 0.3) is 22.0 Å². The third kappa shape index (κ3) is 6.39. The van der Waals surface area contributed by atoms with Crippen LogP contribution in [0.4, 0.5) is 14.0 Å². The van der Waals surface area contributed by atoms with Gasteiger partial charge in [-0.15, -0.1) is 0 Å². The van der Waals surface area contributed by atoms with Gasteiger partial charge in [-0.05, 0) is 71.9 Å². The molecule has 1 aliphatic rings. The van der Waals surface area contributed by atoms with E-state index >= 15 is 0 Å². The van der Waals surface area contributed by atoms with E-state index in [0.29, 0.717) is 22.0 Å². The van der Waals surface area contributed by atoms with E-state index in [4.69, 9.17) is 9.47 Å². The Kier molecular flexibility index (Phi) is 7.48. The monoisotopic (exact) mass is 560 g/mol. The number of aromatic nitrogens is 2. The number of halogens is 1. The summed E-state index contributed by atoms with van der Waals surface area (Å²) in [5.74, 6) is -0.511. The summed E-state index contributed by atoms with van der Waals surface area (Å²) in [7, 11) is -3.91. The normalized spacial score (nSPS) is 15.4. The van der Waals surface area contributed by atoms with Gasteiger partial charge in [0.1, 0.15) is 17.0 Å². The maximum Gasteiger partial charge on any atom is 0.419 e. The topological polar surface area (TPSA) is 111 Å². The molecule has 210 valence electrons. The molecule has 0 atom stereocenters. The average molecular weight is 561 g/mol. The van der Waals surface area contributed by atoms with Gasteiger partial charge < -0.3 is 14.4 Å². The van der Waals surface area contributed by atoms with Crippen molar-refractivity contribution < 1.29 is 31.9 Å². The first-order chi connectivity index (χ1) is 18.0. The first-order valence-corrected chi connectivity index (χ1v) is 14.0. The molecule has 0 spiro atoms. The van der Waals surface area contributed by atoms with Crippen LogP contribution in [-0.2, 0) is 19.5 Å². The van der Waals surface area contributed by atoms with E-state index < -0.39 is 39.2 Å².